The van der Waals surface area contributed by atoms with Crippen molar-refractivity contribution in [3.63, 3.8) is 0 Å². The molecule has 2 unspecified atom stereocenters. The van der Waals surface area contributed by atoms with Gasteiger partial charge in [0.1, 0.15) is 11.5 Å². The third-order valence-electron chi connectivity index (χ3n) is 4.72. The van der Waals surface area contributed by atoms with Crippen molar-refractivity contribution in [1.29, 1.82) is 0 Å². The number of piperidine rings is 1. The molecule has 3 nitrogen and oxygen atoms in total. The van der Waals surface area contributed by atoms with Gasteiger partial charge in [0.2, 0.25) is 0 Å². The van der Waals surface area contributed by atoms with Gasteiger partial charge >= 0.3 is 0 Å². The molecule has 0 radical (unpaired) electrons. The predicted octanol–water partition coefficient (Wildman–Crippen LogP) is 3.38. The van der Waals surface area contributed by atoms with Crippen LogP contribution < -0.4 is 10.1 Å². The van der Waals surface area contributed by atoms with Crippen LogP contribution in [-0.4, -0.2) is 25.0 Å². The van der Waals surface area contributed by atoms with Crippen molar-refractivity contribution in [2.45, 2.75) is 50.6 Å². The number of ketones is 1. The van der Waals surface area contributed by atoms with Crippen LogP contribution in [0.15, 0.2) is 18.2 Å². The highest BCUT2D eigenvalue weighted by Crippen LogP contribution is 2.33. The van der Waals surface area contributed by atoms with Gasteiger partial charge in [-0.15, -0.1) is 0 Å². The molecule has 0 amide bonds. The van der Waals surface area contributed by atoms with Crippen LogP contribution in [0.4, 0.5) is 0 Å². The molecule has 2 saturated heterocycles. The first-order valence-corrected chi connectivity index (χ1v) is 8.12. The van der Waals surface area contributed by atoms with Crippen molar-refractivity contribution in [2.75, 3.05) is 7.11 Å². The highest BCUT2D eigenvalue weighted by molar-refractivity contribution is 6.30. The van der Waals surface area contributed by atoms with Gasteiger partial charge in [-0.1, -0.05) is 11.6 Å². The van der Waals surface area contributed by atoms with Crippen LogP contribution in [0.1, 0.15) is 37.7 Å². The Morgan fingerprint density at radius 1 is 1.33 bits per heavy atom. The fourth-order valence-electron chi connectivity index (χ4n) is 3.83. The smallest absolute Gasteiger partial charge is 0.137 e. The molecule has 1 N–H and O–H groups in total. The summed E-state index contributed by atoms with van der Waals surface area (Å²) < 4.78 is 5.31. The lowest BCUT2D eigenvalue weighted by Gasteiger charge is -2.28. The van der Waals surface area contributed by atoms with E-state index < -0.39 is 0 Å². The van der Waals surface area contributed by atoms with Crippen molar-refractivity contribution in [2.24, 2.45) is 5.92 Å². The number of benzene rings is 1. The Morgan fingerprint density at radius 3 is 2.71 bits per heavy atom. The summed E-state index contributed by atoms with van der Waals surface area (Å²) in [6.07, 6.45) is 5.95. The molecule has 0 aliphatic carbocycles. The summed E-state index contributed by atoms with van der Waals surface area (Å²) in [5, 5.41) is 4.27. The number of fused-ring (bicyclic) bond motifs is 2. The first-order valence-electron chi connectivity index (χ1n) is 7.74. The third kappa shape index (κ3) is 3.58. The van der Waals surface area contributed by atoms with E-state index in [0.29, 0.717) is 41.6 Å². The van der Waals surface area contributed by atoms with Gasteiger partial charge in [-0.05, 0) is 49.8 Å². The van der Waals surface area contributed by atoms with E-state index in [0.717, 1.165) is 24.2 Å². The molecular weight excluding hydrogens is 286 g/mol. The molecule has 2 aliphatic heterocycles. The van der Waals surface area contributed by atoms with Crippen LogP contribution in [0, 0.1) is 5.92 Å². The van der Waals surface area contributed by atoms with E-state index in [1.807, 2.05) is 12.1 Å². The lowest BCUT2D eigenvalue weighted by atomic mass is 9.87. The number of nitrogens with one attached hydrogen (secondary N) is 1. The number of hydrogen-bond donors (Lipinski definition) is 1. The Morgan fingerprint density at radius 2 is 2.05 bits per heavy atom. The zero-order valence-corrected chi connectivity index (χ0v) is 13.2. The lowest BCUT2D eigenvalue weighted by Crippen LogP contribution is -2.38. The van der Waals surface area contributed by atoms with Crippen molar-refractivity contribution in [1.82, 2.24) is 5.32 Å². The average molecular weight is 308 g/mol. The number of Topliss-reactive ketones (excluding diaryl/α,β-unsaturated/α-hetero) is 1. The van der Waals surface area contributed by atoms with Gasteiger partial charge in [-0.2, -0.15) is 0 Å². The second-order valence-corrected chi connectivity index (χ2v) is 6.79. The summed E-state index contributed by atoms with van der Waals surface area (Å²) in [4.78, 5) is 12.4. The number of rotatable bonds is 5. The fraction of sp³-hybridized carbons (Fsp3) is 0.588. The summed E-state index contributed by atoms with van der Waals surface area (Å²) in [7, 11) is 1.63. The molecule has 0 aromatic heterocycles. The molecule has 0 spiro atoms. The molecule has 2 aliphatic rings. The Hall–Kier alpha value is -1.06. The maximum absolute atomic E-state index is 12.4. The Kier molecular flexibility index (Phi) is 4.51. The molecule has 4 heteroatoms. The highest BCUT2D eigenvalue weighted by atomic mass is 35.5. The third-order valence-corrected chi connectivity index (χ3v) is 4.95. The van der Waals surface area contributed by atoms with Crippen LogP contribution >= 0.6 is 11.6 Å². The van der Waals surface area contributed by atoms with E-state index in [1.54, 1.807) is 13.2 Å². The summed E-state index contributed by atoms with van der Waals surface area (Å²) in [6, 6.07) is 6.74. The normalized spacial score (nSPS) is 27.6. The molecule has 1 aromatic carbocycles. The van der Waals surface area contributed by atoms with Crippen molar-refractivity contribution in [3.8, 4) is 5.75 Å². The molecule has 2 heterocycles. The molecule has 2 atom stereocenters. The molecular formula is C17H22ClNO2. The van der Waals surface area contributed by atoms with Gasteiger partial charge in [-0.25, -0.2) is 0 Å². The summed E-state index contributed by atoms with van der Waals surface area (Å²) in [5.41, 5.74) is 0.895. The molecule has 2 bridgehead atoms. The zero-order valence-electron chi connectivity index (χ0n) is 12.4. The topological polar surface area (TPSA) is 38.3 Å². The minimum atomic E-state index is 0.293. The molecule has 114 valence electrons. The quantitative estimate of drug-likeness (QED) is 0.906. The molecule has 2 fully saturated rings. The van der Waals surface area contributed by atoms with Crippen molar-refractivity contribution >= 4 is 17.4 Å². The maximum Gasteiger partial charge on any atom is 0.137 e. The van der Waals surface area contributed by atoms with Crippen LogP contribution in [0.5, 0.6) is 5.75 Å². The van der Waals surface area contributed by atoms with Gasteiger partial charge in [-0.3, -0.25) is 4.79 Å². The second-order valence-electron chi connectivity index (χ2n) is 6.35. The Bertz CT molecular complexity index is 520. The van der Waals surface area contributed by atoms with E-state index in [4.69, 9.17) is 16.3 Å². The van der Waals surface area contributed by atoms with Gasteiger partial charge in [0.05, 0.1) is 7.11 Å². The van der Waals surface area contributed by atoms with Crippen molar-refractivity contribution in [3.05, 3.63) is 28.8 Å². The highest BCUT2D eigenvalue weighted by Gasteiger charge is 2.34. The van der Waals surface area contributed by atoms with Gasteiger partial charge in [0.25, 0.3) is 0 Å². The standard InChI is InChI=1S/C17H22ClNO2/c1-21-17-5-2-13(18)9-12(17)10-16(20)8-11-6-14-3-4-15(7-11)19-14/h2,5,9,11,14-15,19H,3-4,6-8,10H2,1H3. The van der Waals surface area contributed by atoms with Crippen LogP contribution in [0.3, 0.4) is 0 Å². The number of carbonyl (C=O) groups excluding carboxylic acids is 1. The summed E-state index contributed by atoms with van der Waals surface area (Å²) in [5.74, 6) is 1.58. The first kappa shape index (κ1) is 14.9. The monoisotopic (exact) mass is 307 g/mol. The summed E-state index contributed by atoms with van der Waals surface area (Å²) >= 11 is 6.02. The van der Waals surface area contributed by atoms with E-state index in [9.17, 15) is 4.79 Å². The second kappa shape index (κ2) is 6.37. The molecule has 21 heavy (non-hydrogen) atoms. The van der Waals surface area contributed by atoms with Gasteiger partial charge < -0.3 is 10.1 Å². The van der Waals surface area contributed by atoms with Crippen LogP contribution in [0.2, 0.25) is 5.02 Å². The van der Waals surface area contributed by atoms with Crippen LogP contribution in [0.25, 0.3) is 0 Å². The minimum absolute atomic E-state index is 0.293. The number of carbonyl (C=O) groups is 1. The number of halogens is 1. The fourth-order valence-corrected chi connectivity index (χ4v) is 4.03. The zero-order chi connectivity index (χ0) is 14.8. The van der Waals surface area contributed by atoms with Crippen molar-refractivity contribution < 1.29 is 9.53 Å². The van der Waals surface area contributed by atoms with E-state index in [2.05, 4.69) is 5.32 Å². The predicted molar refractivity (Wildman–Crippen MR) is 84.0 cm³/mol. The number of methoxy groups -OCH3 is 1. The van der Waals surface area contributed by atoms with E-state index >= 15 is 0 Å². The maximum atomic E-state index is 12.4. The molecule has 3 rings (SSSR count). The minimum Gasteiger partial charge on any atom is -0.496 e. The first-order chi connectivity index (χ1) is 10.1. The van der Waals surface area contributed by atoms with E-state index in [1.165, 1.54) is 12.8 Å². The van der Waals surface area contributed by atoms with Gasteiger partial charge in [0.15, 0.2) is 0 Å². The Labute approximate surface area is 131 Å². The number of hydrogen-bond acceptors (Lipinski definition) is 3. The average Bonchev–Trinajstić information content (AvgIpc) is 2.78. The molecule has 1 aromatic rings. The lowest BCUT2D eigenvalue weighted by molar-refractivity contribution is -0.119. The van der Waals surface area contributed by atoms with E-state index in [-0.39, 0.29) is 0 Å². The van der Waals surface area contributed by atoms with Crippen LogP contribution in [-0.2, 0) is 11.2 Å². The largest absolute Gasteiger partial charge is 0.496 e. The Balaban J connectivity index is 1.60. The summed E-state index contributed by atoms with van der Waals surface area (Å²) in [6.45, 7) is 0. The van der Waals surface area contributed by atoms with Gasteiger partial charge in [0, 0.05) is 35.5 Å². The number of ether oxygens (including phenoxy) is 1. The molecule has 0 saturated carbocycles. The SMILES string of the molecule is COc1ccc(Cl)cc1CC(=O)CC1CC2CCC(C1)N2.